The lowest BCUT2D eigenvalue weighted by atomic mass is 9.70. The van der Waals surface area contributed by atoms with E-state index >= 15 is 0 Å². The van der Waals surface area contributed by atoms with Crippen molar-refractivity contribution in [1.29, 1.82) is 0 Å². The minimum atomic E-state index is 0.0649. The molecule has 0 aromatic heterocycles. The van der Waals surface area contributed by atoms with Crippen LogP contribution in [-0.2, 0) is 20.6 Å². The van der Waals surface area contributed by atoms with E-state index in [4.69, 9.17) is 18.9 Å². The van der Waals surface area contributed by atoms with E-state index in [-0.39, 0.29) is 11.5 Å². The van der Waals surface area contributed by atoms with Gasteiger partial charge < -0.3 is 18.9 Å². The van der Waals surface area contributed by atoms with Crippen molar-refractivity contribution in [3.05, 3.63) is 29.8 Å². The van der Waals surface area contributed by atoms with Crippen molar-refractivity contribution in [3.8, 4) is 5.75 Å². The molecular formula is C27H42O4. The Hall–Kier alpha value is -1.10. The highest BCUT2D eigenvalue weighted by atomic mass is 16.6. The SMILES string of the molecule is CCCCCCCCc1ccc(OC(CC)C(CC2CO2)(CC2CO2)CC2CO2)cc1. The highest BCUT2D eigenvalue weighted by Crippen LogP contribution is 2.48. The fraction of sp³-hybridized carbons (Fsp3) is 0.778. The van der Waals surface area contributed by atoms with Crippen LogP contribution in [0.25, 0.3) is 0 Å². The Morgan fingerprint density at radius 2 is 1.32 bits per heavy atom. The van der Waals surface area contributed by atoms with Gasteiger partial charge in [0.1, 0.15) is 11.9 Å². The zero-order chi connectivity index (χ0) is 21.5. The normalized spacial score (nSPS) is 26.8. The molecule has 3 fully saturated rings. The molecule has 0 aliphatic carbocycles. The first-order valence-corrected chi connectivity index (χ1v) is 12.8. The van der Waals surface area contributed by atoms with E-state index in [1.54, 1.807) is 0 Å². The highest BCUT2D eigenvalue weighted by Gasteiger charge is 2.50. The van der Waals surface area contributed by atoms with Crippen molar-refractivity contribution in [3.63, 3.8) is 0 Å². The summed E-state index contributed by atoms with van der Waals surface area (Å²) in [6.07, 6.45) is 14.7. The minimum absolute atomic E-state index is 0.0649. The van der Waals surface area contributed by atoms with Crippen molar-refractivity contribution in [2.75, 3.05) is 19.8 Å². The molecule has 0 radical (unpaired) electrons. The average Bonchev–Trinajstić information content (AvgIpc) is 3.60. The number of rotatable bonds is 17. The topological polar surface area (TPSA) is 46.8 Å². The molecule has 3 aliphatic heterocycles. The van der Waals surface area contributed by atoms with Crippen LogP contribution in [0.15, 0.2) is 24.3 Å². The molecule has 3 heterocycles. The zero-order valence-corrected chi connectivity index (χ0v) is 19.7. The minimum Gasteiger partial charge on any atom is -0.490 e. The summed E-state index contributed by atoms with van der Waals surface area (Å²) in [5.74, 6) is 0.994. The number of aryl methyl sites for hydroxylation is 1. The number of hydrogen-bond donors (Lipinski definition) is 0. The Kier molecular flexibility index (Phi) is 8.30. The third kappa shape index (κ3) is 7.47. The summed E-state index contributed by atoms with van der Waals surface area (Å²) in [6.45, 7) is 7.20. The second-order valence-corrected chi connectivity index (χ2v) is 10.0. The van der Waals surface area contributed by atoms with Gasteiger partial charge in [0.25, 0.3) is 0 Å². The number of unbranched alkanes of at least 4 members (excludes halogenated alkanes) is 5. The lowest BCUT2D eigenvalue weighted by Crippen LogP contribution is -2.42. The Morgan fingerprint density at radius 3 is 1.81 bits per heavy atom. The highest BCUT2D eigenvalue weighted by molar-refractivity contribution is 5.28. The third-order valence-corrected chi connectivity index (χ3v) is 7.18. The zero-order valence-electron chi connectivity index (χ0n) is 19.7. The molecule has 0 saturated carbocycles. The number of ether oxygens (including phenoxy) is 4. The largest absolute Gasteiger partial charge is 0.490 e. The van der Waals surface area contributed by atoms with Crippen LogP contribution in [-0.4, -0.2) is 44.2 Å². The molecule has 3 aliphatic rings. The van der Waals surface area contributed by atoms with Gasteiger partial charge in [-0.1, -0.05) is 58.1 Å². The van der Waals surface area contributed by atoms with E-state index in [2.05, 4.69) is 38.1 Å². The second kappa shape index (κ2) is 11.2. The molecule has 4 unspecified atom stereocenters. The summed E-state index contributed by atoms with van der Waals surface area (Å²) in [5, 5.41) is 0. The van der Waals surface area contributed by atoms with E-state index in [0.29, 0.717) is 18.3 Å². The van der Waals surface area contributed by atoms with Crippen molar-refractivity contribution >= 4 is 0 Å². The Bertz CT molecular complexity index is 610. The van der Waals surface area contributed by atoms with E-state index in [0.717, 1.165) is 51.3 Å². The van der Waals surface area contributed by atoms with Gasteiger partial charge >= 0.3 is 0 Å². The van der Waals surface area contributed by atoms with Crippen LogP contribution in [0.1, 0.15) is 83.6 Å². The fourth-order valence-corrected chi connectivity index (χ4v) is 5.21. The first-order valence-electron chi connectivity index (χ1n) is 12.8. The maximum absolute atomic E-state index is 6.67. The fourth-order valence-electron chi connectivity index (χ4n) is 5.21. The van der Waals surface area contributed by atoms with Crippen LogP contribution < -0.4 is 4.74 Å². The summed E-state index contributed by atoms with van der Waals surface area (Å²) in [6, 6.07) is 8.87. The van der Waals surface area contributed by atoms with Crippen LogP contribution in [0.2, 0.25) is 0 Å². The van der Waals surface area contributed by atoms with Crippen molar-refractivity contribution in [1.82, 2.24) is 0 Å². The molecule has 0 N–H and O–H groups in total. The maximum Gasteiger partial charge on any atom is 0.119 e. The predicted molar refractivity (Wildman–Crippen MR) is 124 cm³/mol. The first-order chi connectivity index (χ1) is 15.2. The lowest BCUT2D eigenvalue weighted by Gasteiger charge is -2.40. The van der Waals surface area contributed by atoms with E-state index in [9.17, 15) is 0 Å². The molecule has 0 spiro atoms. The third-order valence-electron chi connectivity index (χ3n) is 7.18. The molecule has 3 saturated heterocycles. The van der Waals surface area contributed by atoms with Crippen molar-refractivity contribution < 1.29 is 18.9 Å². The molecule has 4 heteroatoms. The molecule has 4 rings (SSSR count). The van der Waals surface area contributed by atoms with Gasteiger partial charge in [-0.05, 0) is 56.2 Å². The molecule has 1 aromatic carbocycles. The summed E-state index contributed by atoms with van der Waals surface area (Å²) < 4.78 is 23.7. The standard InChI is InChI=1S/C27H42O4/c1-3-5-6-7-8-9-10-21-11-13-22(14-12-21)31-26(4-2)27(15-23-18-28-23,16-24-19-29-24)17-25-20-30-25/h11-14,23-26H,3-10,15-20H2,1-2H3. The molecule has 0 amide bonds. The van der Waals surface area contributed by atoms with Gasteiger partial charge in [0.05, 0.1) is 38.1 Å². The molecule has 0 bridgehead atoms. The van der Waals surface area contributed by atoms with Crippen LogP contribution >= 0.6 is 0 Å². The lowest BCUT2D eigenvalue weighted by molar-refractivity contribution is 0.00370. The second-order valence-electron chi connectivity index (χ2n) is 10.0. The molecule has 4 atom stereocenters. The Balaban J connectivity index is 1.34. The van der Waals surface area contributed by atoms with E-state index in [1.165, 1.54) is 50.5 Å². The van der Waals surface area contributed by atoms with Crippen molar-refractivity contribution in [2.24, 2.45) is 5.41 Å². The molecular weight excluding hydrogens is 388 g/mol. The first kappa shape index (κ1) is 23.1. The summed E-state index contributed by atoms with van der Waals surface area (Å²) in [7, 11) is 0. The van der Waals surface area contributed by atoms with Crippen LogP contribution in [0.5, 0.6) is 5.75 Å². The van der Waals surface area contributed by atoms with E-state index < -0.39 is 0 Å². The van der Waals surface area contributed by atoms with Gasteiger partial charge in [0, 0.05) is 5.41 Å². The molecule has 4 nitrogen and oxygen atoms in total. The van der Waals surface area contributed by atoms with Gasteiger partial charge in [0.15, 0.2) is 0 Å². The van der Waals surface area contributed by atoms with Crippen LogP contribution in [0.3, 0.4) is 0 Å². The van der Waals surface area contributed by atoms with Gasteiger partial charge in [-0.2, -0.15) is 0 Å². The van der Waals surface area contributed by atoms with E-state index in [1.807, 2.05) is 0 Å². The van der Waals surface area contributed by atoms with Gasteiger partial charge in [-0.3, -0.25) is 0 Å². The summed E-state index contributed by atoms with van der Waals surface area (Å²) in [4.78, 5) is 0. The van der Waals surface area contributed by atoms with Gasteiger partial charge in [-0.15, -0.1) is 0 Å². The summed E-state index contributed by atoms with van der Waals surface area (Å²) >= 11 is 0. The van der Waals surface area contributed by atoms with Gasteiger partial charge in [0.2, 0.25) is 0 Å². The smallest absolute Gasteiger partial charge is 0.119 e. The molecule has 174 valence electrons. The quantitative estimate of drug-likeness (QED) is 0.221. The predicted octanol–water partition coefficient (Wildman–Crippen LogP) is 6.10. The Labute approximate surface area is 189 Å². The Morgan fingerprint density at radius 1 is 0.806 bits per heavy atom. The number of benzene rings is 1. The number of epoxide rings is 3. The number of hydrogen-bond acceptors (Lipinski definition) is 4. The average molecular weight is 431 g/mol. The van der Waals surface area contributed by atoms with Crippen LogP contribution in [0.4, 0.5) is 0 Å². The monoisotopic (exact) mass is 430 g/mol. The maximum atomic E-state index is 6.67. The van der Waals surface area contributed by atoms with Crippen LogP contribution in [0, 0.1) is 5.41 Å². The molecule has 31 heavy (non-hydrogen) atoms. The summed E-state index contributed by atoms with van der Waals surface area (Å²) in [5.41, 5.74) is 1.49. The van der Waals surface area contributed by atoms with Gasteiger partial charge in [-0.25, -0.2) is 0 Å². The van der Waals surface area contributed by atoms with Crippen molar-refractivity contribution in [2.45, 2.75) is 109 Å². The molecule has 1 aromatic rings.